The number of para-hydroxylation sites is 1. The summed E-state index contributed by atoms with van der Waals surface area (Å²) in [6.45, 7) is 2.44. The van der Waals surface area contributed by atoms with Gasteiger partial charge in [-0.15, -0.1) is 0 Å². The second-order valence-electron chi connectivity index (χ2n) is 6.76. The van der Waals surface area contributed by atoms with Crippen LogP contribution in [0.25, 0.3) is 0 Å². The van der Waals surface area contributed by atoms with E-state index < -0.39 is 0 Å². The molecule has 0 aromatic heterocycles. The molecule has 3 rings (SSSR count). The van der Waals surface area contributed by atoms with Crippen LogP contribution in [0.15, 0.2) is 42.5 Å². The molecular formula is C21H25N3O2. The van der Waals surface area contributed by atoms with Crippen LogP contribution in [0.3, 0.4) is 0 Å². The number of amides is 2. The van der Waals surface area contributed by atoms with Crippen molar-refractivity contribution in [3.8, 4) is 0 Å². The van der Waals surface area contributed by atoms with Crippen molar-refractivity contribution in [1.82, 2.24) is 5.32 Å². The maximum absolute atomic E-state index is 12.6. The summed E-state index contributed by atoms with van der Waals surface area (Å²) < 4.78 is 0. The summed E-state index contributed by atoms with van der Waals surface area (Å²) in [6, 6.07) is 13.4. The molecule has 0 bridgehead atoms. The van der Waals surface area contributed by atoms with Crippen molar-refractivity contribution < 1.29 is 9.59 Å². The van der Waals surface area contributed by atoms with E-state index in [-0.39, 0.29) is 11.8 Å². The van der Waals surface area contributed by atoms with E-state index in [2.05, 4.69) is 16.7 Å². The van der Waals surface area contributed by atoms with Crippen molar-refractivity contribution in [3.05, 3.63) is 64.7 Å². The predicted molar refractivity (Wildman–Crippen MR) is 103 cm³/mol. The highest BCUT2D eigenvalue weighted by Crippen LogP contribution is 2.31. The van der Waals surface area contributed by atoms with Gasteiger partial charge in [-0.05, 0) is 66.6 Å². The number of nitrogens with one attached hydrogen (secondary N) is 2. The fraction of sp³-hybridized carbons (Fsp3) is 0.333. The van der Waals surface area contributed by atoms with Crippen molar-refractivity contribution in [1.29, 1.82) is 0 Å². The highest BCUT2D eigenvalue weighted by Gasteiger charge is 2.20. The first-order valence-corrected chi connectivity index (χ1v) is 9.05. The average molecular weight is 351 g/mol. The van der Waals surface area contributed by atoms with E-state index in [4.69, 9.17) is 5.73 Å². The lowest BCUT2D eigenvalue weighted by Gasteiger charge is -2.24. The molecule has 0 saturated heterocycles. The SMILES string of the molecule is CC(=O)Nc1ccccc1CNC(=O)c1ccc2c(c1)C(CN)CCC2. The lowest BCUT2D eigenvalue weighted by Crippen LogP contribution is -2.25. The maximum Gasteiger partial charge on any atom is 0.251 e. The minimum absolute atomic E-state index is 0.119. The Labute approximate surface area is 154 Å². The molecule has 2 amide bonds. The first kappa shape index (κ1) is 18.1. The lowest BCUT2D eigenvalue weighted by molar-refractivity contribution is -0.114. The molecule has 1 aliphatic rings. The highest BCUT2D eigenvalue weighted by atomic mass is 16.2. The van der Waals surface area contributed by atoms with E-state index in [1.807, 2.05) is 36.4 Å². The average Bonchev–Trinajstić information content (AvgIpc) is 2.65. The van der Waals surface area contributed by atoms with Crippen molar-refractivity contribution in [2.24, 2.45) is 5.73 Å². The summed E-state index contributed by atoms with van der Waals surface area (Å²) in [5, 5.41) is 5.73. The molecule has 0 radical (unpaired) electrons. The molecule has 5 heteroatoms. The first-order valence-electron chi connectivity index (χ1n) is 9.05. The Balaban J connectivity index is 1.72. The number of benzene rings is 2. The summed E-state index contributed by atoms with van der Waals surface area (Å²) in [7, 11) is 0. The molecule has 0 spiro atoms. The number of carbonyl (C=O) groups is 2. The summed E-state index contributed by atoms with van der Waals surface area (Å²) in [5.74, 6) is 0.0880. The molecule has 2 aromatic carbocycles. The summed E-state index contributed by atoms with van der Waals surface area (Å²) in [5.41, 5.74) is 10.7. The Morgan fingerprint density at radius 2 is 2.00 bits per heavy atom. The third kappa shape index (κ3) is 4.11. The minimum Gasteiger partial charge on any atom is -0.348 e. The number of fused-ring (bicyclic) bond motifs is 1. The number of carbonyl (C=O) groups excluding carboxylic acids is 2. The molecule has 0 saturated carbocycles. The number of aryl methyl sites for hydroxylation is 1. The molecule has 1 unspecified atom stereocenters. The monoisotopic (exact) mass is 351 g/mol. The van der Waals surface area contributed by atoms with Crippen LogP contribution >= 0.6 is 0 Å². The normalized spacial score (nSPS) is 15.8. The topological polar surface area (TPSA) is 84.2 Å². The molecule has 1 aliphatic carbocycles. The van der Waals surface area contributed by atoms with E-state index in [9.17, 15) is 9.59 Å². The summed E-state index contributed by atoms with van der Waals surface area (Å²) in [6.07, 6.45) is 3.29. The Hall–Kier alpha value is -2.66. The van der Waals surface area contributed by atoms with Crippen LogP contribution in [0, 0.1) is 0 Å². The molecule has 5 nitrogen and oxygen atoms in total. The molecule has 0 aliphatic heterocycles. The molecule has 2 aromatic rings. The van der Waals surface area contributed by atoms with Crippen LogP contribution in [0.5, 0.6) is 0 Å². The van der Waals surface area contributed by atoms with Crippen LogP contribution in [0.1, 0.15) is 52.7 Å². The van der Waals surface area contributed by atoms with Gasteiger partial charge in [0.15, 0.2) is 0 Å². The second kappa shape index (κ2) is 8.15. The fourth-order valence-corrected chi connectivity index (χ4v) is 3.55. The van der Waals surface area contributed by atoms with Gasteiger partial charge in [0.1, 0.15) is 0 Å². The molecule has 1 atom stereocenters. The standard InChI is InChI=1S/C21H25N3O2/c1-14(25)24-20-8-3-2-5-18(20)13-23-21(26)16-10-9-15-6-4-7-17(12-22)19(15)11-16/h2-3,5,8-11,17H,4,6-7,12-13,22H2,1H3,(H,23,26)(H,24,25). The van der Waals surface area contributed by atoms with Gasteiger partial charge in [-0.25, -0.2) is 0 Å². The van der Waals surface area contributed by atoms with Gasteiger partial charge in [0, 0.05) is 24.7 Å². The largest absolute Gasteiger partial charge is 0.348 e. The minimum atomic E-state index is -0.133. The summed E-state index contributed by atoms with van der Waals surface area (Å²) in [4.78, 5) is 23.9. The predicted octanol–water partition coefficient (Wildman–Crippen LogP) is 2.95. The Morgan fingerprint density at radius 1 is 1.19 bits per heavy atom. The van der Waals surface area contributed by atoms with Gasteiger partial charge >= 0.3 is 0 Å². The zero-order valence-corrected chi connectivity index (χ0v) is 15.0. The molecular weight excluding hydrogens is 326 g/mol. The lowest BCUT2D eigenvalue weighted by atomic mass is 9.82. The van der Waals surface area contributed by atoms with Gasteiger partial charge in [0.05, 0.1) is 0 Å². The third-order valence-electron chi connectivity index (χ3n) is 4.90. The summed E-state index contributed by atoms with van der Waals surface area (Å²) >= 11 is 0. The van der Waals surface area contributed by atoms with E-state index in [0.29, 0.717) is 30.3 Å². The van der Waals surface area contributed by atoms with Crippen molar-refractivity contribution in [2.45, 2.75) is 38.6 Å². The Kier molecular flexibility index (Phi) is 5.68. The van der Waals surface area contributed by atoms with Gasteiger partial charge in [0.25, 0.3) is 5.91 Å². The number of hydrogen-bond donors (Lipinski definition) is 3. The maximum atomic E-state index is 12.6. The highest BCUT2D eigenvalue weighted by molar-refractivity contribution is 5.95. The van der Waals surface area contributed by atoms with Crippen LogP contribution < -0.4 is 16.4 Å². The molecule has 26 heavy (non-hydrogen) atoms. The quantitative estimate of drug-likeness (QED) is 0.774. The van der Waals surface area contributed by atoms with E-state index in [0.717, 1.165) is 24.8 Å². The Morgan fingerprint density at radius 3 is 2.77 bits per heavy atom. The molecule has 0 heterocycles. The van der Waals surface area contributed by atoms with Crippen LogP contribution in [0.4, 0.5) is 5.69 Å². The van der Waals surface area contributed by atoms with Crippen LogP contribution in [-0.2, 0) is 17.8 Å². The van der Waals surface area contributed by atoms with Gasteiger partial charge in [0.2, 0.25) is 5.91 Å². The van der Waals surface area contributed by atoms with Crippen LogP contribution in [-0.4, -0.2) is 18.4 Å². The molecule has 136 valence electrons. The van der Waals surface area contributed by atoms with Crippen molar-refractivity contribution in [3.63, 3.8) is 0 Å². The number of nitrogens with two attached hydrogens (primary N) is 1. The third-order valence-corrected chi connectivity index (χ3v) is 4.90. The number of rotatable bonds is 5. The molecule has 0 fully saturated rings. The van der Waals surface area contributed by atoms with Crippen molar-refractivity contribution >= 4 is 17.5 Å². The first-order chi connectivity index (χ1) is 12.6. The van der Waals surface area contributed by atoms with E-state index in [1.54, 1.807) is 0 Å². The van der Waals surface area contributed by atoms with Crippen LogP contribution in [0.2, 0.25) is 0 Å². The van der Waals surface area contributed by atoms with Gasteiger partial charge in [-0.1, -0.05) is 24.3 Å². The van der Waals surface area contributed by atoms with Gasteiger partial charge < -0.3 is 16.4 Å². The fourth-order valence-electron chi connectivity index (χ4n) is 3.55. The van der Waals surface area contributed by atoms with E-state index >= 15 is 0 Å². The smallest absolute Gasteiger partial charge is 0.251 e. The number of anilines is 1. The second-order valence-corrected chi connectivity index (χ2v) is 6.76. The number of hydrogen-bond acceptors (Lipinski definition) is 3. The van der Waals surface area contributed by atoms with Gasteiger partial charge in [-0.3, -0.25) is 9.59 Å². The zero-order valence-electron chi connectivity index (χ0n) is 15.0. The Bertz CT molecular complexity index is 817. The zero-order chi connectivity index (χ0) is 18.5. The van der Waals surface area contributed by atoms with Crippen molar-refractivity contribution in [2.75, 3.05) is 11.9 Å². The van der Waals surface area contributed by atoms with Gasteiger partial charge in [-0.2, -0.15) is 0 Å². The molecule has 4 N–H and O–H groups in total. The van der Waals surface area contributed by atoms with E-state index in [1.165, 1.54) is 18.1 Å².